The fourth-order valence-corrected chi connectivity index (χ4v) is 2.96. The fourth-order valence-electron chi connectivity index (χ4n) is 2.41. The van der Waals surface area contributed by atoms with Gasteiger partial charge in [0.25, 0.3) is 5.91 Å². The van der Waals surface area contributed by atoms with E-state index < -0.39 is 0 Å². The lowest BCUT2D eigenvalue weighted by Gasteiger charge is -2.12. The van der Waals surface area contributed by atoms with E-state index in [2.05, 4.69) is 14.1 Å². The van der Waals surface area contributed by atoms with Crippen molar-refractivity contribution < 1.29 is 14.3 Å². The van der Waals surface area contributed by atoms with Crippen LogP contribution in [0.15, 0.2) is 36.4 Å². The maximum absolute atomic E-state index is 12.8. The van der Waals surface area contributed by atoms with Crippen molar-refractivity contribution in [2.24, 2.45) is 0 Å². The van der Waals surface area contributed by atoms with Gasteiger partial charge in [-0.1, -0.05) is 19.9 Å². The highest BCUT2D eigenvalue weighted by molar-refractivity contribution is 7.00. The summed E-state index contributed by atoms with van der Waals surface area (Å²) in [6.07, 6.45) is 1.78. The zero-order valence-corrected chi connectivity index (χ0v) is 15.6. The monoisotopic (exact) mass is 371 g/mol. The molecule has 6 nitrogen and oxygen atoms in total. The molecule has 0 aliphatic carbocycles. The zero-order chi connectivity index (χ0) is 18.4. The second kappa shape index (κ2) is 8.62. The van der Waals surface area contributed by atoms with E-state index in [4.69, 9.17) is 9.47 Å². The summed E-state index contributed by atoms with van der Waals surface area (Å²) in [7, 11) is 0. The van der Waals surface area contributed by atoms with Gasteiger partial charge in [0, 0.05) is 11.6 Å². The number of fused-ring (bicyclic) bond motifs is 1. The van der Waals surface area contributed by atoms with E-state index in [1.54, 1.807) is 12.1 Å². The Bertz CT molecular complexity index is 868. The third-order valence-electron chi connectivity index (χ3n) is 3.62. The minimum atomic E-state index is -0.242. The lowest BCUT2D eigenvalue weighted by Crippen LogP contribution is -2.13. The zero-order valence-electron chi connectivity index (χ0n) is 14.8. The Morgan fingerprint density at radius 1 is 1.04 bits per heavy atom. The van der Waals surface area contributed by atoms with Crippen molar-refractivity contribution in [3.05, 3.63) is 42.0 Å². The van der Waals surface area contributed by atoms with Gasteiger partial charge in [-0.2, -0.15) is 8.75 Å². The summed E-state index contributed by atoms with van der Waals surface area (Å²) in [5.74, 6) is 1.01. The number of nitrogens with zero attached hydrogens (tertiary/aromatic N) is 2. The van der Waals surface area contributed by atoms with Gasteiger partial charge in [-0.3, -0.25) is 4.79 Å². The summed E-state index contributed by atoms with van der Waals surface area (Å²) in [5, 5.41) is 2.91. The molecule has 0 saturated carbocycles. The number of hydrogen-bond donors (Lipinski definition) is 1. The predicted octanol–water partition coefficient (Wildman–Crippen LogP) is 4.52. The first-order chi connectivity index (χ1) is 12.7. The minimum Gasteiger partial charge on any atom is -0.493 e. The number of aromatic nitrogens is 2. The van der Waals surface area contributed by atoms with Crippen LogP contribution >= 0.6 is 11.7 Å². The number of hydrogen-bond acceptors (Lipinski definition) is 6. The number of ether oxygens (including phenoxy) is 2. The first kappa shape index (κ1) is 18.1. The van der Waals surface area contributed by atoms with Crippen LogP contribution < -0.4 is 14.8 Å². The van der Waals surface area contributed by atoms with Gasteiger partial charge in [-0.05, 0) is 37.1 Å². The third-order valence-corrected chi connectivity index (χ3v) is 4.16. The van der Waals surface area contributed by atoms with Crippen molar-refractivity contribution in [2.45, 2.75) is 26.7 Å². The number of benzene rings is 2. The molecule has 7 heteroatoms. The average Bonchev–Trinajstić information content (AvgIpc) is 3.14. The molecule has 3 aromatic rings. The molecule has 0 atom stereocenters. The Balaban J connectivity index is 1.85. The number of rotatable bonds is 8. The van der Waals surface area contributed by atoms with Gasteiger partial charge < -0.3 is 14.8 Å². The molecule has 0 spiro atoms. The Hall–Kier alpha value is -2.67. The molecule has 0 radical (unpaired) electrons. The van der Waals surface area contributed by atoms with Crippen LogP contribution in [0.3, 0.4) is 0 Å². The molecule has 1 N–H and O–H groups in total. The van der Waals surface area contributed by atoms with Crippen LogP contribution in [-0.2, 0) is 0 Å². The van der Waals surface area contributed by atoms with Gasteiger partial charge in [0.15, 0.2) is 0 Å². The van der Waals surface area contributed by atoms with Crippen LogP contribution in [0.4, 0.5) is 5.69 Å². The Morgan fingerprint density at radius 3 is 2.38 bits per heavy atom. The molecular formula is C19H21N3O3S. The molecule has 0 aliphatic heterocycles. The summed E-state index contributed by atoms with van der Waals surface area (Å²) in [6.45, 7) is 5.24. The number of anilines is 1. The minimum absolute atomic E-state index is 0.242. The topological polar surface area (TPSA) is 73.3 Å². The molecule has 0 fully saturated rings. The van der Waals surface area contributed by atoms with Crippen molar-refractivity contribution in [3.63, 3.8) is 0 Å². The van der Waals surface area contributed by atoms with E-state index in [-0.39, 0.29) is 5.91 Å². The molecule has 0 unspecified atom stereocenters. The summed E-state index contributed by atoms with van der Waals surface area (Å²) in [4.78, 5) is 12.8. The summed E-state index contributed by atoms with van der Waals surface area (Å²) in [6, 6.07) is 10.8. The molecule has 136 valence electrons. The van der Waals surface area contributed by atoms with Gasteiger partial charge in [-0.25, -0.2) is 0 Å². The Kier molecular flexibility index (Phi) is 6.01. The summed E-state index contributed by atoms with van der Waals surface area (Å²) >= 11 is 1.12. The van der Waals surface area contributed by atoms with Crippen molar-refractivity contribution >= 4 is 34.4 Å². The standard InChI is InChI=1S/C19H21N3O3S/c1-3-8-24-14-10-13(11-15(12-14)25-9-4-2)19(23)20-16-6-5-7-17-18(16)22-26-21-17/h5-7,10-12H,3-4,8-9H2,1-2H3,(H,20,23). The molecule has 26 heavy (non-hydrogen) atoms. The van der Waals surface area contributed by atoms with Gasteiger partial charge in [-0.15, -0.1) is 0 Å². The van der Waals surface area contributed by atoms with E-state index in [0.29, 0.717) is 41.5 Å². The number of carbonyl (C=O) groups excluding carboxylic acids is 1. The molecule has 0 aliphatic rings. The van der Waals surface area contributed by atoms with Crippen molar-refractivity contribution in [2.75, 3.05) is 18.5 Å². The van der Waals surface area contributed by atoms with Gasteiger partial charge in [0.05, 0.1) is 30.6 Å². The average molecular weight is 371 g/mol. The van der Waals surface area contributed by atoms with Crippen molar-refractivity contribution in [3.8, 4) is 11.5 Å². The largest absolute Gasteiger partial charge is 0.493 e. The molecule has 3 rings (SSSR count). The molecule has 1 amide bonds. The van der Waals surface area contributed by atoms with Gasteiger partial charge >= 0.3 is 0 Å². The Labute approximate surface area is 156 Å². The SMILES string of the molecule is CCCOc1cc(OCCC)cc(C(=O)Nc2cccc3nsnc23)c1. The maximum atomic E-state index is 12.8. The van der Waals surface area contributed by atoms with Crippen LogP contribution in [0, 0.1) is 0 Å². The molecule has 0 saturated heterocycles. The number of nitrogens with one attached hydrogen (secondary N) is 1. The lowest BCUT2D eigenvalue weighted by atomic mass is 10.1. The van der Waals surface area contributed by atoms with Crippen molar-refractivity contribution in [1.29, 1.82) is 0 Å². The first-order valence-corrected chi connectivity index (χ1v) is 9.37. The molecule has 1 heterocycles. The van der Waals surface area contributed by atoms with Gasteiger partial charge in [0.1, 0.15) is 22.5 Å². The quantitative estimate of drug-likeness (QED) is 0.630. The maximum Gasteiger partial charge on any atom is 0.255 e. The molecule has 2 aromatic carbocycles. The van der Waals surface area contributed by atoms with Crippen molar-refractivity contribution in [1.82, 2.24) is 8.75 Å². The Morgan fingerprint density at radius 2 is 1.73 bits per heavy atom. The van der Waals surface area contributed by atoms with E-state index in [1.807, 2.05) is 38.1 Å². The second-order valence-corrected chi connectivity index (χ2v) is 6.31. The van der Waals surface area contributed by atoms with Gasteiger partial charge in [0.2, 0.25) is 0 Å². The summed E-state index contributed by atoms with van der Waals surface area (Å²) < 4.78 is 19.8. The van der Waals surface area contributed by atoms with E-state index >= 15 is 0 Å². The van der Waals surface area contributed by atoms with Crippen LogP contribution in [0.1, 0.15) is 37.0 Å². The fraction of sp³-hybridized carbons (Fsp3) is 0.316. The van der Waals surface area contributed by atoms with Crippen LogP contribution in [0.2, 0.25) is 0 Å². The van der Waals surface area contributed by atoms with Crippen LogP contribution in [-0.4, -0.2) is 27.9 Å². The van der Waals surface area contributed by atoms with E-state index in [0.717, 1.165) is 30.1 Å². The van der Waals surface area contributed by atoms with E-state index in [9.17, 15) is 4.79 Å². The second-order valence-electron chi connectivity index (χ2n) is 5.78. The normalized spacial score (nSPS) is 10.7. The molecular weight excluding hydrogens is 350 g/mol. The van der Waals surface area contributed by atoms with Crippen LogP contribution in [0.25, 0.3) is 11.0 Å². The molecule has 0 bridgehead atoms. The highest BCUT2D eigenvalue weighted by atomic mass is 32.1. The highest BCUT2D eigenvalue weighted by Crippen LogP contribution is 2.26. The highest BCUT2D eigenvalue weighted by Gasteiger charge is 2.13. The van der Waals surface area contributed by atoms with E-state index in [1.165, 1.54) is 0 Å². The third kappa shape index (κ3) is 4.29. The van der Waals surface area contributed by atoms with Crippen LogP contribution in [0.5, 0.6) is 11.5 Å². The summed E-state index contributed by atoms with van der Waals surface area (Å²) in [5.41, 5.74) is 2.56. The number of carbonyl (C=O) groups is 1. The molecule has 1 aromatic heterocycles. The smallest absolute Gasteiger partial charge is 0.255 e. The number of amides is 1. The first-order valence-electron chi connectivity index (χ1n) is 8.64. The predicted molar refractivity (Wildman–Crippen MR) is 103 cm³/mol. The lowest BCUT2D eigenvalue weighted by molar-refractivity contribution is 0.102.